The Labute approximate surface area is 263 Å². The first-order valence-electron chi connectivity index (χ1n) is 14.4. The Bertz CT molecular complexity index is 1930. The Kier molecular flexibility index (Phi) is 9.79. The SMILES string of the molecule is CCOC(=O)COc1ccc(/C=c2\sc3n(c2=O)[C@@H](c2cccc(OC)c2)C(C(=O)Nc2ccccc2)=C(C)N=3)cc1OCC. The first-order chi connectivity index (χ1) is 21.8. The highest BCUT2D eigenvalue weighted by molar-refractivity contribution is 7.07. The van der Waals surface area contributed by atoms with Gasteiger partial charge in [0.1, 0.15) is 5.75 Å². The van der Waals surface area contributed by atoms with E-state index in [1.54, 1.807) is 61.9 Å². The van der Waals surface area contributed by atoms with Crippen LogP contribution >= 0.6 is 11.3 Å². The Morgan fingerprint density at radius 1 is 0.978 bits per heavy atom. The van der Waals surface area contributed by atoms with E-state index in [1.807, 2.05) is 49.4 Å². The summed E-state index contributed by atoms with van der Waals surface area (Å²) in [4.78, 5) is 44.8. The zero-order valence-electron chi connectivity index (χ0n) is 25.4. The number of anilines is 1. The minimum Gasteiger partial charge on any atom is -0.497 e. The van der Waals surface area contributed by atoms with Crippen LogP contribution in [0.25, 0.3) is 6.08 Å². The molecule has 0 spiro atoms. The monoisotopic (exact) mass is 627 g/mol. The topological polar surface area (TPSA) is 117 Å². The van der Waals surface area contributed by atoms with Gasteiger partial charge in [-0.2, -0.15) is 0 Å². The number of rotatable bonds is 11. The summed E-state index contributed by atoms with van der Waals surface area (Å²) >= 11 is 1.23. The fraction of sp³-hybridized carbons (Fsp3) is 0.235. The normalized spacial score (nSPS) is 14.3. The molecule has 2 heterocycles. The second-order valence-electron chi connectivity index (χ2n) is 9.91. The smallest absolute Gasteiger partial charge is 0.344 e. The van der Waals surface area contributed by atoms with Crippen molar-refractivity contribution in [1.82, 2.24) is 4.57 Å². The largest absolute Gasteiger partial charge is 0.497 e. The van der Waals surface area contributed by atoms with Crippen LogP contribution in [0.5, 0.6) is 17.2 Å². The second kappa shape index (κ2) is 14.1. The molecule has 0 unspecified atom stereocenters. The third-order valence-electron chi connectivity index (χ3n) is 6.92. The maximum Gasteiger partial charge on any atom is 0.344 e. The van der Waals surface area contributed by atoms with Gasteiger partial charge in [-0.3, -0.25) is 14.2 Å². The van der Waals surface area contributed by atoms with E-state index in [0.717, 1.165) is 0 Å². The van der Waals surface area contributed by atoms with Gasteiger partial charge in [0.05, 0.1) is 42.2 Å². The summed E-state index contributed by atoms with van der Waals surface area (Å²) in [6.45, 7) is 5.71. The van der Waals surface area contributed by atoms with E-state index in [1.165, 1.54) is 11.3 Å². The van der Waals surface area contributed by atoms with Crippen molar-refractivity contribution in [1.29, 1.82) is 0 Å². The van der Waals surface area contributed by atoms with Crippen molar-refractivity contribution in [3.63, 3.8) is 0 Å². The summed E-state index contributed by atoms with van der Waals surface area (Å²) in [6, 6.07) is 20.9. The molecule has 0 saturated heterocycles. The third-order valence-corrected chi connectivity index (χ3v) is 7.91. The number of ether oxygens (including phenoxy) is 4. The van der Waals surface area contributed by atoms with E-state index >= 15 is 0 Å². The molecule has 0 radical (unpaired) electrons. The number of carbonyl (C=O) groups excluding carboxylic acids is 2. The molecule has 0 saturated carbocycles. The molecule has 1 aromatic heterocycles. The number of para-hydroxylation sites is 1. The number of nitrogens with one attached hydrogen (secondary N) is 1. The van der Waals surface area contributed by atoms with Crippen LogP contribution in [0.15, 0.2) is 93.9 Å². The van der Waals surface area contributed by atoms with Crippen molar-refractivity contribution in [3.8, 4) is 17.2 Å². The van der Waals surface area contributed by atoms with Crippen LogP contribution in [0, 0.1) is 0 Å². The average Bonchev–Trinajstić information content (AvgIpc) is 3.34. The van der Waals surface area contributed by atoms with Crippen LogP contribution in [-0.2, 0) is 14.3 Å². The molecule has 1 amide bonds. The van der Waals surface area contributed by atoms with Crippen molar-refractivity contribution >= 4 is 35.0 Å². The molecule has 1 N–H and O–H groups in total. The van der Waals surface area contributed by atoms with Gasteiger partial charge in [0.2, 0.25) is 0 Å². The van der Waals surface area contributed by atoms with Crippen molar-refractivity contribution in [3.05, 3.63) is 115 Å². The Hall–Kier alpha value is -5.16. The fourth-order valence-corrected chi connectivity index (χ4v) is 6.00. The number of carbonyl (C=O) groups is 2. The summed E-state index contributed by atoms with van der Waals surface area (Å²) in [5.74, 6) is 0.562. The lowest BCUT2D eigenvalue weighted by Gasteiger charge is -2.25. The zero-order chi connectivity index (χ0) is 31.9. The van der Waals surface area contributed by atoms with Crippen LogP contribution < -0.4 is 34.4 Å². The lowest BCUT2D eigenvalue weighted by molar-refractivity contribution is -0.145. The van der Waals surface area contributed by atoms with Crippen molar-refractivity contribution < 1.29 is 28.5 Å². The highest BCUT2D eigenvalue weighted by Gasteiger charge is 2.32. The molecule has 11 heteroatoms. The summed E-state index contributed by atoms with van der Waals surface area (Å²) in [5, 5.41) is 2.95. The molecule has 1 aliphatic rings. The van der Waals surface area contributed by atoms with Crippen molar-refractivity contribution in [2.75, 3.05) is 32.2 Å². The summed E-state index contributed by atoms with van der Waals surface area (Å²) in [7, 11) is 1.57. The number of nitrogens with zero attached hydrogens (tertiary/aromatic N) is 2. The summed E-state index contributed by atoms with van der Waals surface area (Å²) in [5.41, 5.74) is 2.58. The predicted octanol–water partition coefficient (Wildman–Crippen LogP) is 4.22. The van der Waals surface area contributed by atoms with Gasteiger partial charge in [-0.05, 0) is 74.4 Å². The van der Waals surface area contributed by atoms with Gasteiger partial charge in [0, 0.05) is 5.69 Å². The van der Waals surface area contributed by atoms with Crippen LogP contribution in [0.3, 0.4) is 0 Å². The summed E-state index contributed by atoms with van der Waals surface area (Å²) < 4.78 is 23.8. The lowest BCUT2D eigenvalue weighted by atomic mass is 9.95. The van der Waals surface area contributed by atoms with E-state index in [-0.39, 0.29) is 24.7 Å². The first kappa shape index (κ1) is 31.3. The molecule has 0 bridgehead atoms. The number of aromatic nitrogens is 1. The van der Waals surface area contributed by atoms with E-state index in [0.29, 0.717) is 61.3 Å². The second-order valence-corrected chi connectivity index (χ2v) is 10.9. The Balaban J connectivity index is 1.58. The number of allylic oxidation sites excluding steroid dienone is 1. The Morgan fingerprint density at radius 3 is 2.51 bits per heavy atom. The quantitative estimate of drug-likeness (QED) is 0.248. The van der Waals surface area contributed by atoms with Crippen LogP contribution in [0.4, 0.5) is 5.69 Å². The molecule has 10 nitrogen and oxygen atoms in total. The minimum absolute atomic E-state index is 0.254. The molecule has 1 aliphatic heterocycles. The third kappa shape index (κ3) is 6.99. The highest BCUT2D eigenvalue weighted by Crippen LogP contribution is 2.33. The van der Waals surface area contributed by atoms with Crippen molar-refractivity contribution in [2.24, 2.45) is 4.99 Å². The number of benzene rings is 3. The molecular formula is C34H33N3O7S. The van der Waals surface area contributed by atoms with Gasteiger partial charge in [0.15, 0.2) is 22.9 Å². The van der Waals surface area contributed by atoms with Gasteiger partial charge in [0.25, 0.3) is 11.5 Å². The molecule has 45 heavy (non-hydrogen) atoms. The molecule has 4 aromatic rings. The molecule has 232 valence electrons. The highest BCUT2D eigenvalue weighted by atomic mass is 32.1. The first-order valence-corrected chi connectivity index (χ1v) is 15.2. The van der Waals surface area contributed by atoms with Gasteiger partial charge >= 0.3 is 5.97 Å². The van der Waals surface area contributed by atoms with E-state index in [2.05, 4.69) is 5.32 Å². The average molecular weight is 628 g/mol. The van der Waals surface area contributed by atoms with E-state index in [9.17, 15) is 14.4 Å². The summed E-state index contributed by atoms with van der Waals surface area (Å²) in [6.07, 6.45) is 1.74. The van der Waals surface area contributed by atoms with Crippen LogP contribution in [0.2, 0.25) is 0 Å². The number of esters is 1. The number of hydrogen-bond acceptors (Lipinski definition) is 9. The van der Waals surface area contributed by atoms with Gasteiger partial charge in [-0.25, -0.2) is 9.79 Å². The minimum atomic E-state index is -0.750. The number of hydrogen-bond donors (Lipinski definition) is 1. The molecule has 0 fully saturated rings. The van der Waals surface area contributed by atoms with Gasteiger partial charge in [-0.1, -0.05) is 47.7 Å². The fourth-order valence-electron chi connectivity index (χ4n) is 4.95. The molecular weight excluding hydrogens is 594 g/mol. The molecule has 3 aromatic carbocycles. The maximum atomic E-state index is 14.1. The van der Waals surface area contributed by atoms with E-state index < -0.39 is 12.0 Å². The zero-order valence-corrected chi connectivity index (χ0v) is 26.2. The number of fused-ring (bicyclic) bond motifs is 1. The molecule has 5 rings (SSSR count). The van der Waals surface area contributed by atoms with Gasteiger partial charge in [-0.15, -0.1) is 0 Å². The molecule has 1 atom stereocenters. The number of amides is 1. The van der Waals surface area contributed by atoms with Crippen LogP contribution in [-0.4, -0.2) is 43.4 Å². The lowest BCUT2D eigenvalue weighted by Crippen LogP contribution is -2.40. The standard InChI is InChI=1S/C34H33N3O7S/c1-5-42-27-17-22(15-16-26(27)44-20-29(38)43-6-2)18-28-33(40)37-31(23-11-10-14-25(19-23)41-4)30(21(3)35-34(37)45-28)32(39)36-24-12-8-7-9-13-24/h7-19,31H,5-6,20H2,1-4H3,(H,36,39)/b28-18-/t31-/m0/s1. The van der Waals surface area contributed by atoms with Crippen molar-refractivity contribution in [2.45, 2.75) is 26.8 Å². The number of thiazole rings is 1. The van der Waals surface area contributed by atoms with E-state index in [4.69, 9.17) is 23.9 Å². The predicted molar refractivity (Wildman–Crippen MR) is 172 cm³/mol. The molecule has 0 aliphatic carbocycles. The Morgan fingerprint density at radius 2 is 1.78 bits per heavy atom. The van der Waals surface area contributed by atoms with Gasteiger partial charge < -0.3 is 24.3 Å². The van der Waals surface area contributed by atoms with Crippen LogP contribution in [0.1, 0.15) is 37.9 Å². The number of methoxy groups -OCH3 is 1. The maximum absolute atomic E-state index is 14.1.